The summed E-state index contributed by atoms with van der Waals surface area (Å²) in [5, 5.41) is 3.30. The molecule has 3 rings (SSSR count). The van der Waals surface area contributed by atoms with Crippen molar-refractivity contribution in [2.45, 2.75) is 37.8 Å². The van der Waals surface area contributed by atoms with Gasteiger partial charge < -0.3 is 10.2 Å². The van der Waals surface area contributed by atoms with E-state index >= 15 is 0 Å². The zero-order chi connectivity index (χ0) is 27.2. The van der Waals surface area contributed by atoms with Crippen molar-refractivity contribution in [3.8, 4) is 0 Å². The first-order valence-electron chi connectivity index (χ1n) is 11.7. The van der Waals surface area contributed by atoms with Gasteiger partial charge in [-0.15, -0.1) is 0 Å². The van der Waals surface area contributed by atoms with Crippen molar-refractivity contribution >= 4 is 50.7 Å². The highest BCUT2D eigenvalue weighted by Gasteiger charge is 2.33. The number of aryl methyl sites for hydroxylation is 1. The fourth-order valence-electron chi connectivity index (χ4n) is 3.99. The van der Waals surface area contributed by atoms with Gasteiger partial charge in [-0.05, 0) is 61.4 Å². The molecular formula is C27H29Cl2N3O4S. The van der Waals surface area contributed by atoms with Gasteiger partial charge in [-0.3, -0.25) is 13.9 Å². The number of carbonyl (C=O) groups excluding carboxylic acids is 2. The van der Waals surface area contributed by atoms with E-state index in [0.29, 0.717) is 16.5 Å². The molecule has 1 N–H and O–H groups in total. The van der Waals surface area contributed by atoms with Crippen LogP contribution in [0.5, 0.6) is 0 Å². The number of anilines is 1. The maximum atomic E-state index is 13.8. The summed E-state index contributed by atoms with van der Waals surface area (Å²) in [5.74, 6) is -0.868. The summed E-state index contributed by atoms with van der Waals surface area (Å²) in [6.07, 6.45) is 0.346. The summed E-state index contributed by atoms with van der Waals surface area (Å²) >= 11 is 12.1. The SMILES string of the molecule is CC[C@H](C(=O)NC)N(Cc1cccc(C)c1)C(=O)CN(c1cccc(Cl)c1)S(=O)(=O)c1ccc(Cl)cc1. The van der Waals surface area contributed by atoms with Crippen LogP contribution in [0.3, 0.4) is 0 Å². The van der Waals surface area contributed by atoms with Gasteiger partial charge in [-0.1, -0.05) is 66.0 Å². The number of sulfonamides is 1. The Bertz CT molecular complexity index is 1360. The van der Waals surface area contributed by atoms with E-state index in [9.17, 15) is 18.0 Å². The smallest absolute Gasteiger partial charge is 0.264 e. The highest BCUT2D eigenvalue weighted by molar-refractivity contribution is 7.92. The first-order chi connectivity index (χ1) is 17.6. The van der Waals surface area contributed by atoms with Crippen molar-refractivity contribution in [3.63, 3.8) is 0 Å². The quantitative estimate of drug-likeness (QED) is 0.375. The van der Waals surface area contributed by atoms with Crippen molar-refractivity contribution < 1.29 is 18.0 Å². The number of hydrogen-bond donors (Lipinski definition) is 1. The normalized spacial score (nSPS) is 12.0. The Labute approximate surface area is 228 Å². The van der Waals surface area contributed by atoms with Gasteiger partial charge in [0.1, 0.15) is 12.6 Å². The van der Waals surface area contributed by atoms with Crippen molar-refractivity contribution in [2.24, 2.45) is 0 Å². The van der Waals surface area contributed by atoms with Gasteiger partial charge in [0.25, 0.3) is 10.0 Å². The predicted octanol–water partition coefficient (Wildman–Crippen LogP) is 5.05. The molecule has 0 aliphatic carbocycles. The fraction of sp³-hybridized carbons (Fsp3) is 0.259. The Morgan fingerprint density at radius 3 is 2.22 bits per heavy atom. The molecule has 0 spiro atoms. The van der Waals surface area contributed by atoms with E-state index in [-0.39, 0.29) is 23.0 Å². The maximum Gasteiger partial charge on any atom is 0.264 e. The number of amides is 2. The summed E-state index contributed by atoms with van der Waals surface area (Å²) in [6.45, 7) is 3.34. The summed E-state index contributed by atoms with van der Waals surface area (Å²) in [4.78, 5) is 28.0. The molecule has 1 atom stereocenters. The summed E-state index contributed by atoms with van der Waals surface area (Å²) in [7, 11) is -2.68. The number of nitrogens with one attached hydrogen (secondary N) is 1. The zero-order valence-electron chi connectivity index (χ0n) is 20.8. The maximum absolute atomic E-state index is 13.8. The van der Waals surface area contributed by atoms with Crippen molar-refractivity contribution in [2.75, 3.05) is 17.9 Å². The molecule has 10 heteroatoms. The average Bonchev–Trinajstić information content (AvgIpc) is 2.87. The largest absolute Gasteiger partial charge is 0.357 e. The lowest BCUT2D eigenvalue weighted by atomic mass is 10.1. The Kier molecular flexibility index (Phi) is 9.59. The molecular weight excluding hydrogens is 533 g/mol. The van der Waals surface area contributed by atoms with E-state index in [0.717, 1.165) is 15.4 Å². The minimum Gasteiger partial charge on any atom is -0.357 e. The molecule has 0 fully saturated rings. The van der Waals surface area contributed by atoms with Gasteiger partial charge in [0.15, 0.2) is 0 Å². The third kappa shape index (κ3) is 7.03. The van der Waals surface area contributed by atoms with E-state index in [1.807, 2.05) is 31.2 Å². The van der Waals surface area contributed by atoms with Crippen LogP contribution in [0.2, 0.25) is 10.0 Å². The number of rotatable bonds is 10. The Morgan fingerprint density at radius 2 is 1.62 bits per heavy atom. The molecule has 0 heterocycles. The highest BCUT2D eigenvalue weighted by Crippen LogP contribution is 2.27. The molecule has 0 aromatic heterocycles. The summed E-state index contributed by atoms with van der Waals surface area (Å²) in [5.41, 5.74) is 2.05. The van der Waals surface area contributed by atoms with E-state index < -0.39 is 28.5 Å². The molecule has 0 aliphatic rings. The highest BCUT2D eigenvalue weighted by atomic mass is 35.5. The monoisotopic (exact) mass is 561 g/mol. The van der Waals surface area contributed by atoms with Crippen molar-refractivity contribution in [1.82, 2.24) is 10.2 Å². The molecule has 0 bridgehead atoms. The van der Waals surface area contributed by atoms with Gasteiger partial charge in [0.05, 0.1) is 10.6 Å². The molecule has 3 aromatic carbocycles. The molecule has 7 nitrogen and oxygen atoms in total. The molecule has 37 heavy (non-hydrogen) atoms. The Balaban J connectivity index is 2.06. The number of nitrogens with zero attached hydrogens (tertiary/aromatic N) is 2. The van der Waals surface area contributed by atoms with E-state index in [1.54, 1.807) is 25.1 Å². The lowest BCUT2D eigenvalue weighted by Gasteiger charge is -2.33. The predicted molar refractivity (Wildman–Crippen MR) is 147 cm³/mol. The fourth-order valence-corrected chi connectivity index (χ4v) is 5.70. The molecule has 0 saturated carbocycles. The van der Waals surface area contributed by atoms with Crippen molar-refractivity contribution in [1.29, 1.82) is 0 Å². The molecule has 0 saturated heterocycles. The molecule has 0 unspecified atom stereocenters. The minimum absolute atomic E-state index is 0.0340. The summed E-state index contributed by atoms with van der Waals surface area (Å²) < 4.78 is 28.5. The van der Waals surface area contributed by atoms with Crippen LogP contribution >= 0.6 is 23.2 Å². The van der Waals surface area contributed by atoms with Gasteiger partial charge in [0.2, 0.25) is 11.8 Å². The second-order valence-electron chi connectivity index (χ2n) is 8.49. The van der Waals surface area contributed by atoms with Gasteiger partial charge in [0, 0.05) is 23.6 Å². The van der Waals surface area contributed by atoms with Crippen LogP contribution in [-0.2, 0) is 26.2 Å². The van der Waals surface area contributed by atoms with Gasteiger partial charge in [-0.25, -0.2) is 8.42 Å². The molecule has 2 amide bonds. The third-order valence-electron chi connectivity index (χ3n) is 5.84. The lowest BCUT2D eigenvalue weighted by Crippen LogP contribution is -2.51. The Morgan fingerprint density at radius 1 is 0.946 bits per heavy atom. The van der Waals surface area contributed by atoms with Crippen LogP contribution < -0.4 is 9.62 Å². The minimum atomic E-state index is -4.19. The number of carbonyl (C=O) groups is 2. The molecule has 196 valence electrons. The third-order valence-corrected chi connectivity index (χ3v) is 8.12. The first kappa shape index (κ1) is 28.5. The number of hydrogen-bond acceptors (Lipinski definition) is 4. The topological polar surface area (TPSA) is 86.8 Å². The second kappa shape index (κ2) is 12.4. The average molecular weight is 563 g/mol. The van der Waals surface area contributed by atoms with E-state index in [4.69, 9.17) is 23.2 Å². The first-order valence-corrected chi connectivity index (χ1v) is 13.9. The van der Waals surface area contributed by atoms with E-state index in [1.165, 1.54) is 42.3 Å². The van der Waals surface area contributed by atoms with Gasteiger partial charge >= 0.3 is 0 Å². The van der Waals surface area contributed by atoms with Crippen LogP contribution in [0.25, 0.3) is 0 Å². The van der Waals surface area contributed by atoms with Crippen LogP contribution in [0, 0.1) is 6.92 Å². The summed E-state index contributed by atoms with van der Waals surface area (Å²) in [6, 6.07) is 18.8. The molecule has 3 aromatic rings. The standard InChI is InChI=1S/C27H29Cl2N3O4S/c1-4-25(27(34)30-3)31(17-20-8-5-7-19(2)15-20)26(33)18-32(23-10-6-9-22(29)16-23)37(35,36)24-13-11-21(28)12-14-24/h5-16,25H,4,17-18H2,1-3H3,(H,30,34)/t25-/m1/s1. The van der Waals surface area contributed by atoms with E-state index in [2.05, 4.69) is 5.32 Å². The van der Waals surface area contributed by atoms with Crippen LogP contribution in [-0.4, -0.2) is 44.8 Å². The van der Waals surface area contributed by atoms with Crippen LogP contribution in [0.15, 0.2) is 77.7 Å². The second-order valence-corrected chi connectivity index (χ2v) is 11.2. The Hall–Kier alpha value is -3.07. The van der Waals surface area contributed by atoms with Crippen LogP contribution in [0.1, 0.15) is 24.5 Å². The number of benzene rings is 3. The zero-order valence-corrected chi connectivity index (χ0v) is 23.1. The van der Waals surface area contributed by atoms with Crippen LogP contribution in [0.4, 0.5) is 5.69 Å². The van der Waals surface area contributed by atoms with Crippen molar-refractivity contribution in [3.05, 3.63) is 94.0 Å². The number of halogens is 2. The molecule has 0 aliphatic heterocycles. The molecule has 0 radical (unpaired) electrons. The number of likely N-dealkylation sites (N-methyl/N-ethyl adjacent to an activating group) is 1. The van der Waals surface area contributed by atoms with Gasteiger partial charge in [-0.2, -0.15) is 0 Å². The lowest BCUT2D eigenvalue weighted by molar-refractivity contribution is -0.140.